The van der Waals surface area contributed by atoms with Crippen molar-refractivity contribution in [1.29, 1.82) is 0 Å². The van der Waals surface area contributed by atoms with Crippen molar-refractivity contribution in [3.8, 4) is 0 Å². The fraction of sp³-hybridized carbons (Fsp3) is 0.562. The topological polar surface area (TPSA) is 49.3 Å². The van der Waals surface area contributed by atoms with Crippen LogP contribution < -0.4 is 5.32 Å². The van der Waals surface area contributed by atoms with Crippen LogP contribution in [-0.2, 0) is 10.3 Å². The second-order valence-electron chi connectivity index (χ2n) is 4.82. The van der Waals surface area contributed by atoms with Gasteiger partial charge >= 0.3 is 5.97 Å². The van der Waals surface area contributed by atoms with Gasteiger partial charge in [0.2, 0.25) is 0 Å². The maximum Gasteiger partial charge on any atom is 0.328 e. The van der Waals surface area contributed by atoms with Gasteiger partial charge in [-0.05, 0) is 36.5 Å². The molecule has 4 heteroatoms. The standard InChI is InChI=1S/C16H25NO2S/c1-3-5-12-20-13-11-16(15(18)19,17-4-2)14-9-7-6-8-10-14/h6-10,17H,3-5,11-13H2,1-2H3,(H,18,19). The Balaban J connectivity index is 2.81. The van der Waals surface area contributed by atoms with E-state index in [1.165, 1.54) is 12.8 Å². The third-order valence-corrected chi connectivity index (χ3v) is 4.44. The van der Waals surface area contributed by atoms with Gasteiger partial charge in [0.1, 0.15) is 5.54 Å². The molecule has 0 radical (unpaired) electrons. The van der Waals surface area contributed by atoms with E-state index in [1.54, 1.807) is 0 Å². The maximum atomic E-state index is 11.9. The second kappa shape index (κ2) is 9.03. The molecule has 1 unspecified atom stereocenters. The Morgan fingerprint density at radius 3 is 2.50 bits per heavy atom. The summed E-state index contributed by atoms with van der Waals surface area (Å²) in [5.74, 6) is 1.17. The van der Waals surface area contributed by atoms with Crippen LogP contribution in [0.5, 0.6) is 0 Å². The fourth-order valence-electron chi connectivity index (χ4n) is 2.24. The Hall–Kier alpha value is -1.00. The smallest absolute Gasteiger partial charge is 0.328 e. The minimum Gasteiger partial charge on any atom is -0.480 e. The molecule has 0 fully saturated rings. The van der Waals surface area contributed by atoms with Gasteiger partial charge in [0, 0.05) is 0 Å². The quantitative estimate of drug-likeness (QED) is 0.649. The van der Waals surface area contributed by atoms with E-state index < -0.39 is 11.5 Å². The van der Waals surface area contributed by atoms with Crippen LogP contribution in [-0.4, -0.2) is 29.1 Å². The van der Waals surface area contributed by atoms with Gasteiger partial charge in [0.05, 0.1) is 0 Å². The number of nitrogens with one attached hydrogen (secondary N) is 1. The molecule has 0 aliphatic rings. The summed E-state index contributed by atoms with van der Waals surface area (Å²) >= 11 is 1.84. The van der Waals surface area contributed by atoms with Gasteiger partial charge in [0.25, 0.3) is 0 Å². The van der Waals surface area contributed by atoms with Gasteiger partial charge in [-0.2, -0.15) is 11.8 Å². The van der Waals surface area contributed by atoms with Crippen molar-refractivity contribution in [1.82, 2.24) is 5.32 Å². The largest absolute Gasteiger partial charge is 0.480 e. The summed E-state index contributed by atoms with van der Waals surface area (Å²) in [7, 11) is 0. The molecule has 0 saturated heterocycles. The van der Waals surface area contributed by atoms with Gasteiger partial charge in [-0.15, -0.1) is 0 Å². The lowest BCUT2D eigenvalue weighted by atomic mass is 9.87. The summed E-state index contributed by atoms with van der Waals surface area (Å²) in [5, 5.41) is 12.9. The summed E-state index contributed by atoms with van der Waals surface area (Å²) in [5.41, 5.74) is -0.125. The first kappa shape index (κ1) is 17.1. The van der Waals surface area contributed by atoms with Crippen LogP contribution in [0.1, 0.15) is 38.7 Å². The first-order chi connectivity index (χ1) is 9.67. The Morgan fingerprint density at radius 1 is 1.25 bits per heavy atom. The molecule has 0 saturated carbocycles. The SMILES string of the molecule is CCCCSCCC(NCC)(C(=O)O)c1ccccc1. The van der Waals surface area contributed by atoms with E-state index in [4.69, 9.17) is 0 Å². The monoisotopic (exact) mass is 295 g/mol. The van der Waals surface area contributed by atoms with Crippen molar-refractivity contribution >= 4 is 17.7 Å². The minimum atomic E-state index is -0.963. The minimum absolute atomic E-state index is 0.606. The molecule has 20 heavy (non-hydrogen) atoms. The molecule has 1 rings (SSSR count). The predicted molar refractivity (Wildman–Crippen MR) is 86.3 cm³/mol. The third kappa shape index (κ3) is 4.53. The molecular weight excluding hydrogens is 270 g/mol. The molecule has 0 bridgehead atoms. The molecule has 0 spiro atoms. The Labute approximate surface area is 126 Å². The number of hydrogen-bond donors (Lipinski definition) is 2. The Bertz CT molecular complexity index is 397. The van der Waals surface area contributed by atoms with Gasteiger partial charge in [-0.1, -0.05) is 50.6 Å². The zero-order valence-electron chi connectivity index (χ0n) is 12.4. The van der Waals surface area contributed by atoms with E-state index in [2.05, 4.69) is 12.2 Å². The first-order valence-corrected chi connectivity index (χ1v) is 8.44. The molecule has 0 aromatic heterocycles. The van der Waals surface area contributed by atoms with E-state index in [0.717, 1.165) is 17.1 Å². The highest BCUT2D eigenvalue weighted by Crippen LogP contribution is 2.27. The molecule has 1 aromatic rings. The van der Waals surface area contributed by atoms with E-state index in [1.807, 2.05) is 49.0 Å². The second-order valence-corrected chi connectivity index (χ2v) is 6.05. The van der Waals surface area contributed by atoms with Crippen LogP contribution in [0, 0.1) is 0 Å². The number of hydrogen-bond acceptors (Lipinski definition) is 3. The summed E-state index contributed by atoms with van der Waals surface area (Å²) in [4.78, 5) is 11.9. The number of carbonyl (C=O) groups is 1. The lowest BCUT2D eigenvalue weighted by molar-refractivity contribution is -0.145. The van der Waals surface area contributed by atoms with Crippen LogP contribution in [0.3, 0.4) is 0 Å². The molecule has 0 heterocycles. The van der Waals surface area contributed by atoms with E-state index in [-0.39, 0.29) is 0 Å². The molecule has 1 atom stereocenters. The molecule has 0 aliphatic heterocycles. The lowest BCUT2D eigenvalue weighted by Crippen LogP contribution is -2.49. The molecule has 0 amide bonds. The van der Waals surface area contributed by atoms with Crippen LogP contribution >= 0.6 is 11.8 Å². The normalized spacial score (nSPS) is 13.9. The zero-order chi connectivity index (χ0) is 14.8. The number of unbranched alkanes of at least 4 members (excludes halogenated alkanes) is 1. The number of carboxylic acids is 1. The van der Waals surface area contributed by atoms with Crippen LogP contribution in [0.15, 0.2) is 30.3 Å². The van der Waals surface area contributed by atoms with Gasteiger partial charge < -0.3 is 5.11 Å². The van der Waals surface area contributed by atoms with Gasteiger partial charge in [0.15, 0.2) is 0 Å². The van der Waals surface area contributed by atoms with Crippen molar-refractivity contribution in [2.24, 2.45) is 0 Å². The molecule has 2 N–H and O–H groups in total. The summed E-state index contributed by atoms with van der Waals surface area (Å²) < 4.78 is 0. The highest BCUT2D eigenvalue weighted by atomic mass is 32.2. The van der Waals surface area contributed by atoms with Crippen LogP contribution in [0.2, 0.25) is 0 Å². The number of rotatable bonds is 10. The predicted octanol–water partition coefficient (Wildman–Crippen LogP) is 3.50. The fourth-order valence-corrected chi connectivity index (χ4v) is 3.39. The van der Waals surface area contributed by atoms with E-state index in [0.29, 0.717) is 13.0 Å². The summed E-state index contributed by atoms with van der Waals surface area (Å²) in [6.07, 6.45) is 2.98. The molecular formula is C16H25NO2S. The summed E-state index contributed by atoms with van der Waals surface area (Å²) in [6, 6.07) is 9.50. The van der Waals surface area contributed by atoms with Crippen molar-refractivity contribution < 1.29 is 9.90 Å². The van der Waals surface area contributed by atoms with E-state index >= 15 is 0 Å². The number of thioether (sulfide) groups is 1. The van der Waals surface area contributed by atoms with Crippen molar-refractivity contribution in [3.63, 3.8) is 0 Å². The zero-order valence-corrected chi connectivity index (χ0v) is 13.2. The van der Waals surface area contributed by atoms with Crippen molar-refractivity contribution in [2.75, 3.05) is 18.1 Å². The third-order valence-electron chi connectivity index (χ3n) is 3.37. The number of aliphatic carboxylic acids is 1. The molecule has 1 aromatic carbocycles. The lowest BCUT2D eigenvalue weighted by Gasteiger charge is -2.31. The van der Waals surface area contributed by atoms with Crippen LogP contribution in [0.25, 0.3) is 0 Å². The number of benzene rings is 1. The van der Waals surface area contributed by atoms with Crippen LogP contribution in [0.4, 0.5) is 0 Å². The average molecular weight is 295 g/mol. The number of carboxylic acid groups (broad SMARTS) is 1. The Kier molecular flexibility index (Phi) is 7.70. The highest BCUT2D eigenvalue weighted by Gasteiger charge is 2.38. The number of likely N-dealkylation sites (N-methyl/N-ethyl adjacent to an activating group) is 1. The maximum absolute atomic E-state index is 11.9. The van der Waals surface area contributed by atoms with Crippen molar-refractivity contribution in [3.05, 3.63) is 35.9 Å². The van der Waals surface area contributed by atoms with Gasteiger partial charge in [-0.3, -0.25) is 5.32 Å². The molecule has 3 nitrogen and oxygen atoms in total. The molecule has 0 aliphatic carbocycles. The average Bonchev–Trinajstić information content (AvgIpc) is 2.46. The summed E-state index contributed by atoms with van der Waals surface area (Å²) in [6.45, 7) is 4.76. The Morgan fingerprint density at radius 2 is 1.95 bits per heavy atom. The van der Waals surface area contributed by atoms with Crippen molar-refractivity contribution in [2.45, 2.75) is 38.6 Å². The molecule has 112 valence electrons. The first-order valence-electron chi connectivity index (χ1n) is 7.29. The van der Waals surface area contributed by atoms with Gasteiger partial charge in [-0.25, -0.2) is 4.79 Å². The highest BCUT2D eigenvalue weighted by molar-refractivity contribution is 7.99. The van der Waals surface area contributed by atoms with E-state index in [9.17, 15) is 9.90 Å².